The van der Waals surface area contributed by atoms with Gasteiger partial charge in [-0.25, -0.2) is 0 Å². The van der Waals surface area contributed by atoms with Crippen LogP contribution in [0.15, 0.2) is 103 Å². The Bertz CT molecular complexity index is 981. The molecule has 4 nitrogen and oxygen atoms in total. The predicted octanol–water partition coefficient (Wildman–Crippen LogP) is 5.09. The molecule has 4 heteroatoms. The van der Waals surface area contributed by atoms with Crippen molar-refractivity contribution in [2.24, 2.45) is 0 Å². The summed E-state index contributed by atoms with van der Waals surface area (Å²) in [5.74, 6) is -0.431. The molecule has 0 bridgehead atoms. The first kappa shape index (κ1) is 21.7. The van der Waals surface area contributed by atoms with Crippen LogP contribution in [0.3, 0.4) is 0 Å². The summed E-state index contributed by atoms with van der Waals surface area (Å²) in [4.78, 5) is 26.4. The van der Waals surface area contributed by atoms with Crippen LogP contribution in [0.5, 0.6) is 0 Å². The number of nitrogens with zero attached hydrogens (tertiary/aromatic N) is 1. The van der Waals surface area contributed by atoms with Gasteiger partial charge in [0.1, 0.15) is 5.60 Å². The highest BCUT2D eigenvalue weighted by molar-refractivity contribution is 6.02. The Labute approximate surface area is 189 Å². The lowest BCUT2D eigenvalue weighted by molar-refractivity contribution is -0.142. The van der Waals surface area contributed by atoms with Crippen LogP contribution in [0.1, 0.15) is 36.5 Å². The fourth-order valence-electron chi connectivity index (χ4n) is 4.42. The van der Waals surface area contributed by atoms with Crippen molar-refractivity contribution >= 4 is 11.8 Å². The second-order valence-electron chi connectivity index (χ2n) is 7.88. The number of carbonyl (C=O) groups excluding carboxylic acids is 2. The Hall–Kier alpha value is -3.50. The molecule has 0 saturated carbocycles. The van der Waals surface area contributed by atoms with E-state index in [0.717, 1.165) is 16.7 Å². The maximum atomic E-state index is 12.6. The number of hydrogen-bond acceptors (Lipinski definition) is 3. The number of benzene rings is 3. The molecule has 1 aliphatic rings. The minimum atomic E-state index is -0.870. The van der Waals surface area contributed by atoms with Crippen molar-refractivity contribution in [3.63, 3.8) is 0 Å². The van der Waals surface area contributed by atoms with E-state index in [0.29, 0.717) is 12.8 Å². The van der Waals surface area contributed by atoms with E-state index >= 15 is 0 Å². The van der Waals surface area contributed by atoms with Crippen LogP contribution in [0.2, 0.25) is 0 Å². The number of imide groups is 1. The quantitative estimate of drug-likeness (QED) is 0.391. The number of amides is 2. The Balaban J connectivity index is 1.78. The molecule has 1 aliphatic heterocycles. The molecular formula is C28H27NO3. The Kier molecular flexibility index (Phi) is 6.62. The van der Waals surface area contributed by atoms with Crippen molar-refractivity contribution in [1.82, 2.24) is 4.90 Å². The molecule has 1 unspecified atom stereocenters. The molecule has 0 spiro atoms. The number of carbonyl (C=O) groups is 2. The Morgan fingerprint density at radius 2 is 1.38 bits per heavy atom. The molecule has 0 N–H and O–H groups in total. The number of allylic oxidation sites excluding steroid dienone is 1. The fourth-order valence-corrected chi connectivity index (χ4v) is 4.42. The highest BCUT2D eigenvalue weighted by atomic mass is 16.5. The summed E-state index contributed by atoms with van der Waals surface area (Å²) in [7, 11) is 0. The van der Waals surface area contributed by atoms with Gasteiger partial charge in [0.25, 0.3) is 5.91 Å². The van der Waals surface area contributed by atoms with Gasteiger partial charge in [0.2, 0.25) is 5.91 Å². The number of hydrogen-bond donors (Lipinski definition) is 0. The molecule has 4 rings (SSSR count). The van der Waals surface area contributed by atoms with Gasteiger partial charge < -0.3 is 4.74 Å². The van der Waals surface area contributed by atoms with Gasteiger partial charge in [0.05, 0.1) is 12.6 Å². The predicted molar refractivity (Wildman–Crippen MR) is 125 cm³/mol. The van der Waals surface area contributed by atoms with Gasteiger partial charge in [-0.15, -0.1) is 0 Å². The van der Waals surface area contributed by atoms with Crippen LogP contribution in [-0.2, 0) is 19.9 Å². The minimum absolute atomic E-state index is 0.147. The standard InChI is InChI=1S/C28H27NO3/c1-2-12-26(30)29-25(19-20-27(29)31)21-32-28(22-13-6-3-7-14-22,23-15-8-4-9-16-23)24-17-10-5-11-18-24/h2-18,25H,19-21H2,1H3. The molecule has 3 aromatic rings. The third-order valence-corrected chi connectivity index (χ3v) is 5.91. The van der Waals surface area contributed by atoms with Crippen molar-refractivity contribution in [3.05, 3.63) is 120 Å². The zero-order valence-corrected chi connectivity index (χ0v) is 18.2. The molecule has 1 atom stereocenters. The van der Waals surface area contributed by atoms with Crippen LogP contribution in [0.4, 0.5) is 0 Å². The largest absolute Gasteiger partial charge is 0.359 e. The van der Waals surface area contributed by atoms with Gasteiger partial charge in [-0.05, 0) is 36.1 Å². The van der Waals surface area contributed by atoms with Crippen LogP contribution in [0.25, 0.3) is 0 Å². The van der Waals surface area contributed by atoms with Crippen LogP contribution in [-0.4, -0.2) is 29.4 Å². The van der Waals surface area contributed by atoms with Crippen molar-refractivity contribution in [1.29, 1.82) is 0 Å². The average Bonchev–Trinajstić information content (AvgIpc) is 3.22. The second kappa shape index (κ2) is 9.75. The summed E-state index contributed by atoms with van der Waals surface area (Å²) in [5, 5.41) is 0. The maximum absolute atomic E-state index is 12.6. The smallest absolute Gasteiger partial charge is 0.253 e. The summed E-state index contributed by atoms with van der Waals surface area (Å²) in [5.41, 5.74) is 2.11. The third kappa shape index (κ3) is 4.14. The summed E-state index contributed by atoms with van der Waals surface area (Å²) >= 11 is 0. The molecule has 32 heavy (non-hydrogen) atoms. The van der Waals surface area contributed by atoms with E-state index in [1.165, 1.54) is 11.0 Å². The molecule has 162 valence electrons. The van der Waals surface area contributed by atoms with Gasteiger partial charge in [-0.2, -0.15) is 0 Å². The topological polar surface area (TPSA) is 46.6 Å². The van der Waals surface area contributed by atoms with Crippen LogP contribution in [0, 0.1) is 0 Å². The molecular weight excluding hydrogens is 398 g/mol. The van der Waals surface area contributed by atoms with Gasteiger partial charge in [0.15, 0.2) is 0 Å². The molecule has 0 radical (unpaired) electrons. The van der Waals surface area contributed by atoms with E-state index in [4.69, 9.17) is 4.74 Å². The highest BCUT2D eigenvalue weighted by Crippen LogP contribution is 2.41. The second-order valence-corrected chi connectivity index (χ2v) is 7.88. The molecule has 1 saturated heterocycles. The lowest BCUT2D eigenvalue weighted by atomic mass is 9.80. The fraction of sp³-hybridized carbons (Fsp3) is 0.214. The highest BCUT2D eigenvalue weighted by Gasteiger charge is 2.41. The maximum Gasteiger partial charge on any atom is 0.253 e. The molecule has 1 heterocycles. The first-order chi connectivity index (χ1) is 15.7. The van der Waals surface area contributed by atoms with Gasteiger partial charge >= 0.3 is 0 Å². The summed E-state index contributed by atoms with van der Waals surface area (Å²) in [6.45, 7) is 2.02. The summed E-state index contributed by atoms with van der Waals surface area (Å²) in [6, 6.07) is 30.0. The molecule has 0 aliphatic carbocycles. The van der Waals surface area contributed by atoms with Crippen molar-refractivity contribution in [2.45, 2.75) is 31.4 Å². The summed E-state index contributed by atoms with van der Waals surface area (Å²) in [6.07, 6.45) is 4.05. The molecule has 3 aromatic carbocycles. The lowest BCUT2D eigenvalue weighted by Crippen LogP contribution is -2.43. The Morgan fingerprint density at radius 3 is 1.81 bits per heavy atom. The monoisotopic (exact) mass is 425 g/mol. The van der Waals surface area contributed by atoms with E-state index in [-0.39, 0.29) is 24.5 Å². The van der Waals surface area contributed by atoms with E-state index in [1.807, 2.05) is 54.6 Å². The van der Waals surface area contributed by atoms with Crippen molar-refractivity contribution in [3.8, 4) is 0 Å². The van der Waals surface area contributed by atoms with Crippen molar-refractivity contribution in [2.75, 3.05) is 6.61 Å². The van der Waals surface area contributed by atoms with Crippen LogP contribution >= 0.6 is 0 Å². The number of rotatable bonds is 7. The number of ether oxygens (including phenoxy) is 1. The molecule has 0 aromatic heterocycles. The van der Waals surface area contributed by atoms with E-state index in [2.05, 4.69) is 36.4 Å². The SMILES string of the molecule is CC=CC(=O)N1C(=O)CCC1COC(c1ccccc1)(c1ccccc1)c1ccccc1. The van der Waals surface area contributed by atoms with Crippen molar-refractivity contribution < 1.29 is 14.3 Å². The van der Waals surface area contributed by atoms with Gasteiger partial charge in [-0.3, -0.25) is 14.5 Å². The zero-order chi connectivity index (χ0) is 22.4. The van der Waals surface area contributed by atoms with E-state index in [9.17, 15) is 9.59 Å². The molecule has 2 amide bonds. The third-order valence-electron chi connectivity index (χ3n) is 5.91. The van der Waals surface area contributed by atoms with E-state index in [1.54, 1.807) is 13.0 Å². The summed E-state index contributed by atoms with van der Waals surface area (Å²) < 4.78 is 6.81. The lowest BCUT2D eigenvalue weighted by Gasteiger charge is -2.37. The zero-order valence-electron chi connectivity index (χ0n) is 18.2. The molecule has 1 fully saturated rings. The first-order valence-electron chi connectivity index (χ1n) is 11.0. The first-order valence-corrected chi connectivity index (χ1v) is 11.0. The van der Waals surface area contributed by atoms with Crippen LogP contribution < -0.4 is 0 Å². The van der Waals surface area contributed by atoms with Gasteiger partial charge in [-0.1, -0.05) is 97.1 Å². The van der Waals surface area contributed by atoms with E-state index < -0.39 is 5.60 Å². The normalized spacial score (nSPS) is 16.6. The average molecular weight is 426 g/mol. The van der Waals surface area contributed by atoms with Gasteiger partial charge in [0, 0.05) is 6.42 Å². The minimum Gasteiger partial charge on any atom is -0.359 e. The number of likely N-dealkylation sites (tertiary alicyclic amines) is 1. The Morgan fingerprint density at radius 1 is 0.906 bits per heavy atom.